The fraction of sp³-hybridized carbons (Fsp3) is 0.164. The first-order valence-electron chi connectivity index (χ1n) is 23.3. The van der Waals surface area contributed by atoms with E-state index in [0.29, 0.717) is 22.9 Å². The summed E-state index contributed by atoms with van der Waals surface area (Å²) in [5.74, 6) is 4.65. The minimum absolute atomic E-state index is 0.323. The Kier molecular flexibility index (Phi) is 9.01. The minimum Gasteiger partial charge on any atom is -0.456 e. The van der Waals surface area contributed by atoms with Gasteiger partial charge >= 0.3 is 0 Å². The van der Waals surface area contributed by atoms with Gasteiger partial charge < -0.3 is 4.42 Å². The number of aromatic nitrogens is 3. The van der Waals surface area contributed by atoms with Gasteiger partial charge in [-0.15, -0.1) is 0 Å². The molecule has 4 nitrogen and oxygen atoms in total. The molecule has 65 heavy (non-hydrogen) atoms. The number of para-hydroxylation sites is 1. The van der Waals surface area contributed by atoms with Crippen molar-refractivity contribution in [2.75, 3.05) is 0 Å². The van der Waals surface area contributed by atoms with Crippen molar-refractivity contribution in [1.29, 1.82) is 0 Å². The van der Waals surface area contributed by atoms with Gasteiger partial charge in [0.05, 0.1) is 0 Å². The van der Waals surface area contributed by atoms with E-state index in [2.05, 4.69) is 188 Å². The van der Waals surface area contributed by atoms with Crippen molar-refractivity contribution in [3.05, 3.63) is 200 Å². The molecule has 0 amide bonds. The normalized spacial score (nSPS) is 19.8. The molecule has 0 N–H and O–H groups in total. The summed E-state index contributed by atoms with van der Waals surface area (Å²) < 4.78 is 6.90. The van der Waals surface area contributed by atoms with E-state index in [0.717, 1.165) is 94.8 Å². The van der Waals surface area contributed by atoms with Crippen LogP contribution in [-0.4, -0.2) is 15.0 Å². The maximum Gasteiger partial charge on any atom is 0.164 e. The number of hydrogen-bond acceptors (Lipinski definition) is 4. The zero-order chi connectivity index (χ0) is 42.9. The van der Waals surface area contributed by atoms with E-state index in [-0.39, 0.29) is 0 Å². The van der Waals surface area contributed by atoms with Gasteiger partial charge in [0.2, 0.25) is 0 Å². The monoisotopic (exact) mass is 837 g/mol. The number of hydrogen-bond donors (Lipinski definition) is 0. The third-order valence-electron chi connectivity index (χ3n) is 14.9. The number of rotatable bonds is 6. The second kappa shape index (κ2) is 15.4. The molecule has 2 heterocycles. The van der Waals surface area contributed by atoms with Crippen molar-refractivity contribution in [1.82, 2.24) is 15.0 Å². The topological polar surface area (TPSA) is 51.8 Å². The van der Waals surface area contributed by atoms with Gasteiger partial charge in [-0.2, -0.15) is 0 Å². The molecule has 14 rings (SSSR count). The quantitative estimate of drug-likeness (QED) is 0.167. The maximum absolute atomic E-state index is 6.90. The van der Waals surface area contributed by atoms with Crippen molar-refractivity contribution >= 4 is 43.5 Å². The van der Waals surface area contributed by atoms with Crippen LogP contribution in [0.5, 0.6) is 0 Å². The smallest absolute Gasteiger partial charge is 0.164 e. The van der Waals surface area contributed by atoms with Crippen molar-refractivity contribution in [2.45, 2.75) is 43.9 Å². The van der Waals surface area contributed by atoms with Crippen LogP contribution in [0.3, 0.4) is 0 Å². The lowest BCUT2D eigenvalue weighted by molar-refractivity contribution is -0.00518. The molecule has 312 valence electrons. The van der Waals surface area contributed by atoms with Crippen LogP contribution in [0.15, 0.2) is 199 Å². The SMILES string of the molecule is c1ccc(-c2cccc(-c3nc(-c4ccc(C56CC7C[C@H](C5)C[C@@H](C7)C6)cc4)nc(-c4ccccc4-c4ccc5oc6ccccc6c6ccccc6c6ccccc6c5c4)n3)c2)cc1. The van der Waals surface area contributed by atoms with E-state index < -0.39 is 0 Å². The van der Waals surface area contributed by atoms with E-state index in [9.17, 15) is 0 Å². The van der Waals surface area contributed by atoms with E-state index in [1.54, 1.807) is 0 Å². The lowest BCUT2D eigenvalue weighted by atomic mass is 9.48. The summed E-state index contributed by atoms with van der Waals surface area (Å²) in [5.41, 5.74) is 10.7. The predicted octanol–water partition coefficient (Wildman–Crippen LogP) is 16.0. The van der Waals surface area contributed by atoms with E-state index in [4.69, 9.17) is 19.4 Å². The lowest BCUT2D eigenvalue weighted by Gasteiger charge is -2.57. The molecule has 10 aromatic rings. The first kappa shape index (κ1) is 38.1. The minimum atomic E-state index is 0.323. The Morgan fingerprint density at radius 1 is 0.338 bits per heavy atom. The van der Waals surface area contributed by atoms with Crippen molar-refractivity contribution in [3.63, 3.8) is 0 Å². The van der Waals surface area contributed by atoms with Crippen LogP contribution >= 0.6 is 0 Å². The largest absolute Gasteiger partial charge is 0.456 e. The average Bonchev–Trinajstić information content (AvgIpc) is 3.41. The highest BCUT2D eigenvalue weighted by atomic mass is 16.3. The molecule has 0 atom stereocenters. The second-order valence-corrected chi connectivity index (χ2v) is 19.0. The molecule has 4 bridgehead atoms. The summed E-state index contributed by atoms with van der Waals surface area (Å²) in [6, 6.07) is 69.2. The molecule has 4 aliphatic rings. The maximum atomic E-state index is 6.90. The molecule has 4 fully saturated rings. The summed E-state index contributed by atoms with van der Waals surface area (Å²) >= 11 is 0. The van der Waals surface area contributed by atoms with Crippen LogP contribution in [0.25, 0.3) is 99.9 Å². The Morgan fingerprint density at radius 3 is 1.52 bits per heavy atom. The van der Waals surface area contributed by atoms with E-state index >= 15 is 0 Å². The summed E-state index contributed by atoms with van der Waals surface area (Å²) in [4.78, 5) is 16.0. The average molecular weight is 838 g/mol. The van der Waals surface area contributed by atoms with Crippen LogP contribution in [0, 0.1) is 17.8 Å². The lowest BCUT2D eigenvalue weighted by Crippen LogP contribution is -2.48. The van der Waals surface area contributed by atoms with E-state index in [1.807, 2.05) is 6.07 Å². The molecule has 4 saturated carbocycles. The Hall–Kier alpha value is -7.43. The zero-order valence-corrected chi connectivity index (χ0v) is 36.2. The summed E-state index contributed by atoms with van der Waals surface area (Å²) in [6.07, 6.45) is 8.35. The van der Waals surface area contributed by atoms with Gasteiger partial charge in [-0.25, -0.2) is 15.0 Å². The molecule has 0 radical (unpaired) electrons. The van der Waals surface area contributed by atoms with Gasteiger partial charge in [-0.05, 0) is 135 Å². The van der Waals surface area contributed by atoms with Gasteiger partial charge in [-0.1, -0.05) is 170 Å². The first-order chi connectivity index (χ1) is 32.1. The molecule has 4 heteroatoms. The number of nitrogens with zero attached hydrogens (tertiary/aromatic N) is 3. The van der Waals surface area contributed by atoms with Gasteiger partial charge in [0, 0.05) is 27.5 Å². The molecule has 0 aliphatic heterocycles. The van der Waals surface area contributed by atoms with Crippen molar-refractivity contribution < 1.29 is 4.42 Å². The third kappa shape index (κ3) is 6.70. The summed E-state index contributed by atoms with van der Waals surface area (Å²) in [5, 5.41) is 6.68. The molecule has 0 spiro atoms. The highest BCUT2D eigenvalue weighted by Crippen LogP contribution is 2.60. The first-order valence-corrected chi connectivity index (χ1v) is 23.3. The van der Waals surface area contributed by atoms with Gasteiger partial charge in [0.25, 0.3) is 0 Å². The van der Waals surface area contributed by atoms with Crippen LogP contribution in [0.2, 0.25) is 0 Å². The predicted molar refractivity (Wildman–Crippen MR) is 267 cm³/mol. The van der Waals surface area contributed by atoms with Crippen LogP contribution < -0.4 is 0 Å². The highest BCUT2D eigenvalue weighted by Gasteiger charge is 2.51. The molecule has 0 saturated heterocycles. The number of fused-ring (bicyclic) bond motifs is 7. The fourth-order valence-electron chi connectivity index (χ4n) is 12.4. The van der Waals surface area contributed by atoms with Crippen LogP contribution in [0.1, 0.15) is 44.1 Å². The Bertz CT molecular complexity index is 3500. The third-order valence-corrected chi connectivity index (χ3v) is 14.9. The summed E-state index contributed by atoms with van der Waals surface area (Å²) in [7, 11) is 0. The molecular weight excluding hydrogens is 791 g/mol. The van der Waals surface area contributed by atoms with Crippen molar-refractivity contribution in [3.8, 4) is 56.4 Å². The zero-order valence-electron chi connectivity index (χ0n) is 36.2. The number of benzene rings is 8. The molecule has 2 aromatic heterocycles. The molecule has 0 unspecified atom stereocenters. The second-order valence-electron chi connectivity index (χ2n) is 19.0. The standard InChI is InChI=1S/C61H47N3O/c1-2-13-42(14-3-1)44-15-12-16-46(34-44)59-62-58(43-25-28-47(29-26-43)61-36-39-31-40(37-61)33-41(32-39)38-61)63-60(64-59)54-23-9-4-17-48(54)45-27-30-57-55(35-45)52-21-8-6-19-50(52)49-18-5-7-20-51(49)53-22-10-11-24-56(53)65-57/h1-30,34-35,39-41H,31-33,36-38H2/t39-,40+,41?,61?. The van der Waals surface area contributed by atoms with Crippen LogP contribution in [0.4, 0.5) is 0 Å². The molecular formula is C61H47N3O. The highest BCUT2D eigenvalue weighted by molar-refractivity contribution is 6.18. The summed E-state index contributed by atoms with van der Waals surface area (Å²) in [6.45, 7) is 0. The Morgan fingerprint density at radius 2 is 0.831 bits per heavy atom. The molecule has 8 aromatic carbocycles. The van der Waals surface area contributed by atoms with Gasteiger partial charge in [-0.3, -0.25) is 0 Å². The fourth-order valence-corrected chi connectivity index (χ4v) is 12.4. The van der Waals surface area contributed by atoms with Gasteiger partial charge in [0.15, 0.2) is 17.5 Å². The Balaban J connectivity index is 0.987. The van der Waals surface area contributed by atoms with Crippen LogP contribution in [-0.2, 0) is 5.41 Å². The Labute approximate surface area is 379 Å². The molecule has 4 aliphatic carbocycles. The van der Waals surface area contributed by atoms with Crippen molar-refractivity contribution in [2.24, 2.45) is 17.8 Å². The van der Waals surface area contributed by atoms with Gasteiger partial charge in [0.1, 0.15) is 11.2 Å². The van der Waals surface area contributed by atoms with E-state index in [1.165, 1.54) is 49.5 Å².